The van der Waals surface area contributed by atoms with Crippen molar-refractivity contribution in [1.29, 1.82) is 0 Å². The van der Waals surface area contributed by atoms with Crippen molar-refractivity contribution in [2.24, 2.45) is 17.3 Å². The minimum atomic E-state index is 0.504. The third-order valence-electron chi connectivity index (χ3n) is 5.61. The molecule has 2 heteroatoms. The molecule has 92 valence electrons. The zero-order valence-corrected chi connectivity index (χ0v) is 11.5. The Morgan fingerprint density at radius 3 is 2.31 bits per heavy atom. The van der Waals surface area contributed by atoms with E-state index in [-0.39, 0.29) is 0 Å². The van der Waals surface area contributed by atoms with Crippen molar-refractivity contribution in [3.05, 3.63) is 0 Å². The van der Waals surface area contributed by atoms with E-state index in [9.17, 15) is 0 Å². The summed E-state index contributed by atoms with van der Waals surface area (Å²) in [7, 11) is 0. The maximum absolute atomic E-state index is 2.70. The molecule has 3 heterocycles. The Bertz CT molecular complexity index is 310. The molecule has 16 heavy (non-hydrogen) atoms. The van der Waals surface area contributed by atoms with Crippen LogP contribution in [0.4, 0.5) is 0 Å². The van der Waals surface area contributed by atoms with E-state index < -0.39 is 0 Å². The van der Waals surface area contributed by atoms with E-state index in [0.29, 0.717) is 17.0 Å². The van der Waals surface area contributed by atoms with Crippen LogP contribution in [0.3, 0.4) is 0 Å². The minimum Gasteiger partial charge on any atom is -0.300 e. The van der Waals surface area contributed by atoms with Crippen LogP contribution in [-0.4, -0.2) is 47.6 Å². The second kappa shape index (κ2) is 3.02. The first-order chi connectivity index (χ1) is 7.34. The van der Waals surface area contributed by atoms with E-state index in [1.165, 1.54) is 26.2 Å². The molecule has 2 nitrogen and oxygen atoms in total. The van der Waals surface area contributed by atoms with Crippen molar-refractivity contribution >= 4 is 0 Å². The number of fused-ring (bicyclic) bond motifs is 3. The van der Waals surface area contributed by atoms with Crippen LogP contribution in [0.25, 0.3) is 0 Å². The van der Waals surface area contributed by atoms with Gasteiger partial charge in [-0.05, 0) is 38.0 Å². The predicted molar refractivity (Wildman–Crippen MR) is 67.4 cm³/mol. The predicted octanol–water partition coefficient (Wildman–Crippen LogP) is 2.06. The summed E-state index contributed by atoms with van der Waals surface area (Å²) in [6.45, 7) is 17.5. The Kier molecular flexibility index (Phi) is 2.09. The fourth-order valence-electron chi connectivity index (χ4n) is 4.24. The first-order valence-electron chi connectivity index (χ1n) is 6.84. The molecule has 0 spiro atoms. The van der Waals surface area contributed by atoms with Crippen LogP contribution >= 0.6 is 0 Å². The standard InChI is InChI=1S/C14H26N2/c1-10(2)15-6-12-11(13(3,4)8-15)7-16-9-14(12,16)5/h10-12H,6-9H2,1-5H3. The molecule has 0 aromatic carbocycles. The number of likely N-dealkylation sites (tertiary alicyclic amines) is 1. The summed E-state index contributed by atoms with van der Waals surface area (Å²) < 4.78 is 0. The molecule has 0 amide bonds. The highest BCUT2D eigenvalue weighted by Crippen LogP contribution is 2.57. The Balaban J connectivity index is 1.87. The topological polar surface area (TPSA) is 6.25 Å². The van der Waals surface area contributed by atoms with Crippen LogP contribution in [0.2, 0.25) is 0 Å². The van der Waals surface area contributed by atoms with E-state index in [1.54, 1.807) is 0 Å². The Labute approximate surface area is 100.0 Å². The van der Waals surface area contributed by atoms with Gasteiger partial charge in [0, 0.05) is 37.8 Å². The van der Waals surface area contributed by atoms with Gasteiger partial charge in [0.05, 0.1) is 0 Å². The second-order valence-electron chi connectivity index (χ2n) is 7.46. The zero-order chi connectivity index (χ0) is 11.7. The van der Waals surface area contributed by atoms with E-state index >= 15 is 0 Å². The molecule has 4 unspecified atom stereocenters. The quantitative estimate of drug-likeness (QED) is 0.627. The summed E-state index contributed by atoms with van der Waals surface area (Å²) >= 11 is 0. The zero-order valence-electron chi connectivity index (χ0n) is 11.5. The van der Waals surface area contributed by atoms with Gasteiger partial charge in [-0.1, -0.05) is 13.8 Å². The molecule has 3 aliphatic heterocycles. The highest BCUT2D eigenvalue weighted by molar-refractivity contribution is 5.19. The van der Waals surface area contributed by atoms with Crippen LogP contribution in [0.1, 0.15) is 34.6 Å². The fraction of sp³-hybridized carbons (Fsp3) is 1.00. The lowest BCUT2D eigenvalue weighted by Gasteiger charge is -2.49. The van der Waals surface area contributed by atoms with Crippen LogP contribution in [0.5, 0.6) is 0 Å². The fourth-order valence-corrected chi connectivity index (χ4v) is 4.24. The summed E-state index contributed by atoms with van der Waals surface area (Å²) in [5.74, 6) is 1.85. The molecule has 0 aliphatic carbocycles. The Morgan fingerprint density at radius 2 is 1.69 bits per heavy atom. The minimum absolute atomic E-state index is 0.504. The highest BCUT2D eigenvalue weighted by atomic mass is 15.4. The maximum Gasteiger partial charge on any atom is 0.0353 e. The molecule has 0 aromatic rings. The number of rotatable bonds is 1. The second-order valence-corrected chi connectivity index (χ2v) is 7.46. The number of piperidine rings is 2. The van der Waals surface area contributed by atoms with Gasteiger partial charge < -0.3 is 4.90 Å². The van der Waals surface area contributed by atoms with Crippen LogP contribution < -0.4 is 0 Å². The lowest BCUT2D eigenvalue weighted by Crippen LogP contribution is -2.55. The average molecular weight is 222 g/mol. The molecule has 4 atom stereocenters. The van der Waals surface area contributed by atoms with Crippen molar-refractivity contribution < 1.29 is 0 Å². The largest absolute Gasteiger partial charge is 0.300 e. The van der Waals surface area contributed by atoms with Gasteiger partial charge in [-0.25, -0.2) is 0 Å². The van der Waals surface area contributed by atoms with Gasteiger partial charge in [-0.3, -0.25) is 4.90 Å². The van der Waals surface area contributed by atoms with Crippen molar-refractivity contribution in [2.45, 2.75) is 46.2 Å². The van der Waals surface area contributed by atoms with Gasteiger partial charge >= 0.3 is 0 Å². The summed E-state index contributed by atoms with van der Waals surface area (Å²) in [4.78, 5) is 5.40. The molecule has 0 saturated carbocycles. The van der Waals surface area contributed by atoms with E-state index in [2.05, 4.69) is 44.4 Å². The number of hydrogen-bond donors (Lipinski definition) is 0. The van der Waals surface area contributed by atoms with Gasteiger partial charge in [-0.2, -0.15) is 0 Å². The van der Waals surface area contributed by atoms with Gasteiger partial charge in [-0.15, -0.1) is 0 Å². The molecule has 0 bridgehead atoms. The molecule has 3 aliphatic rings. The first kappa shape index (κ1) is 11.0. The van der Waals surface area contributed by atoms with Crippen molar-refractivity contribution in [3.8, 4) is 0 Å². The molecule has 3 rings (SSSR count). The third kappa shape index (κ3) is 1.32. The number of nitrogens with zero attached hydrogens (tertiary/aromatic N) is 2. The molecular formula is C14H26N2. The highest BCUT2D eigenvalue weighted by Gasteiger charge is 2.65. The van der Waals surface area contributed by atoms with Crippen LogP contribution in [0.15, 0.2) is 0 Å². The summed E-state index contributed by atoms with van der Waals surface area (Å²) in [5, 5.41) is 0. The maximum atomic E-state index is 2.70. The third-order valence-corrected chi connectivity index (χ3v) is 5.61. The molecule has 3 fully saturated rings. The Hall–Kier alpha value is -0.0800. The summed E-state index contributed by atoms with van der Waals surface area (Å²) in [6.07, 6.45) is 0. The summed E-state index contributed by atoms with van der Waals surface area (Å²) in [5.41, 5.74) is 1.07. The van der Waals surface area contributed by atoms with Crippen LogP contribution in [0, 0.1) is 17.3 Å². The monoisotopic (exact) mass is 222 g/mol. The van der Waals surface area contributed by atoms with E-state index in [0.717, 1.165) is 11.8 Å². The van der Waals surface area contributed by atoms with Gasteiger partial charge in [0.1, 0.15) is 0 Å². The molecule has 0 N–H and O–H groups in total. The molecule has 3 saturated heterocycles. The molecular weight excluding hydrogens is 196 g/mol. The SMILES string of the molecule is CC(C)N1CC2C(CN3CC23C)C(C)(C)C1. The average Bonchev–Trinajstić information content (AvgIpc) is 2.72. The summed E-state index contributed by atoms with van der Waals surface area (Å²) in [6, 6.07) is 0.705. The van der Waals surface area contributed by atoms with Crippen molar-refractivity contribution in [2.75, 3.05) is 26.2 Å². The lowest BCUT2D eigenvalue weighted by molar-refractivity contribution is -0.00167. The van der Waals surface area contributed by atoms with E-state index in [4.69, 9.17) is 0 Å². The van der Waals surface area contributed by atoms with Gasteiger partial charge in [0.2, 0.25) is 0 Å². The van der Waals surface area contributed by atoms with Crippen LogP contribution in [-0.2, 0) is 0 Å². The molecule has 0 radical (unpaired) electrons. The van der Waals surface area contributed by atoms with Gasteiger partial charge in [0.15, 0.2) is 0 Å². The normalized spacial score (nSPS) is 50.2. The van der Waals surface area contributed by atoms with Crippen molar-refractivity contribution in [3.63, 3.8) is 0 Å². The molecule has 0 aromatic heterocycles. The van der Waals surface area contributed by atoms with Gasteiger partial charge in [0.25, 0.3) is 0 Å². The van der Waals surface area contributed by atoms with Crippen molar-refractivity contribution in [1.82, 2.24) is 9.80 Å². The Morgan fingerprint density at radius 1 is 1.00 bits per heavy atom. The number of hydrogen-bond acceptors (Lipinski definition) is 2. The smallest absolute Gasteiger partial charge is 0.0353 e. The first-order valence-corrected chi connectivity index (χ1v) is 6.84. The lowest BCUT2D eigenvalue weighted by atomic mass is 9.66. The van der Waals surface area contributed by atoms with E-state index in [1.807, 2.05) is 0 Å².